The Hall–Kier alpha value is -2.78. The average Bonchev–Trinajstić information content (AvgIpc) is 2.74. The Morgan fingerprint density at radius 2 is 1.67 bits per heavy atom. The predicted octanol–water partition coefficient (Wildman–Crippen LogP) is 4.89. The summed E-state index contributed by atoms with van der Waals surface area (Å²) in [6.07, 6.45) is 0.968. The Balaban J connectivity index is 1.57. The molecule has 1 aliphatic heterocycles. The summed E-state index contributed by atoms with van der Waals surface area (Å²) in [6.45, 7) is 2.55. The highest BCUT2D eigenvalue weighted by molar-refractivity contribution is 5.44. The van der Waals surface area contributed by atoms with Gasteiger partial charge in [0.15, 0.2) is 5.60 Å². The fourth-order valence-electron chi connectivity index (χ4n) is 3.69. The predicted molar refractivity (Wildman–Crippen MR) is 106 cm³/mol. The van der Waals surface area contributed by atoms with Crippen molar-refractivity contribution in [1.82, 2.24) is 0 Å². The summed E-state index contributed by atoms with van der Waals surface area (Å²) in [7, 11) is 0. The number of ether oxygens (including phenoxy) is 2. The first kappa shape index (κ1) is 17.6. The van der Waals surface area contributed by atoms with Crippen molar-refractivity contribution in [3.05, 3.63) is 95.6 Å². The average molecular weight is 360 g/mol. The van der Waals surface area contributed by atoms with Crippen LogP contribution in [0.5, 0.6) is 11.5 Å². The van der Waals surface area contributed by atoms with Crippen LogP contribution in [0.25, 0.3) is 0 Å². The summed E-state index contributed by atoms with van der Waals surface area (Å²) >= 11 is 0. The molecule has 0 radical (unpaired) electrons. The Morgan fingerprint density at radius 3 is 2.41 bits per heavy atom. The summed E-state index contributed by atoms with van der Waals surface area (Å²) in [5.74, 6) is 2.06. The Labute approximate surface area is 160 Å². The molecule has 0 aromatic heterocycles. The molecule has 1 heterocycles. The minimum atomic E-state index is -0.770. The van der Waals surface area contributed by atoms with Crippen LogP contribution in [0, 0.1) is 0 Å². The first-order valence-electron chi connectivity index (χ1n) is 9.37. The minimum absolute atomic E-state index is 0.0912. The molecule has 3 heteroatoms. The second-order valence-electron chi connectivity index (χ2n) is 7.15. The van der Waals surface area contributed by atoms with Crippen LogP contribution in [0.15, 0.2) is 78.9 Å². The molecule has 4 rings (SSSR count). The van der Waals surface area contributed by atoms with Crippen molar-refractivity contribution in [2.75, 3.05) is 13.2 Å². The van der Waals surface area contributed by atoms with E-state index in [2.05, 4.69) is 24.3 Å². The smallest absolute Gasteiger partial charge is 0.154 e. The minimum Gasteiger partial charge on any atom is -0.493 e. The normalized spacial score (nSPS) is 18.1. The van der Waals surface area contributed by atoms with E-state index in [-0.39, 0.29) is 6.61 Å². The molecule has 0 bridgehead atoms. The van der Waals surface area contributed by atoms with Gasteiger partial charge in [0, 0.05) is 11.5 Å². The maximum atomic E-state index is 9.93. The summed E-state index contributed by atoms with van der Waals surface area (Å²) in [6, 6.07) is 26.3. The lowest BCUT2D eigenvalue weighted by Crippen LogP contribution is -2.33. The standard InChI is InChI=1S/C24H24O3/c1-24(17-25,19-7-3-2-4-8-19)27-20-13-11-18(12-14-20)21-15-16-26-23-10-6-5-9-22(21)23/h2-14,21,25H,15-17H2,1H3. The van der Waals surface area contributed by atoms with Crippen LogP contribution < -0.4 is 9.47 Å². The topological polar surface area (TPSA) is 38.7 Å². The lowest BCUT2D eigenvalue weighted by molar-refractivity contribution is 0.0216. The van der Waals surface area contributed by atoms with Gasteiger partial charge in [0.2, 0.25) is 0 Å². The van der Waals surface area contributed by atoms with Crippen molar-refractivity contribution >= 4 is 0 Å². The molecule has 0 saturated carbocycles. The fourth-order valence-corrected chi connectivity index (χ4v) is 3.69. The van der Waals surface area contributed by atoms with E-state index >= 15 is 0 Å². The molecule has 3 aromatic carbocycles. The van der Waals surface area contributed by atoms with Gasteiger partial charge in [0.1, 0.15) is 11.5 Å². The number of para-hydroxylation sites is 1. The molecule has 2 atom stereocenters. The molecule has 27 heavy (non-hydrogen) atoms. The number of aliphatic hydroxyl groups excluding tert-OH is 1. The number of fused-ring (bicyclic) bond motifs is 1. The third kappa shape index (κ3) is 3.56. The summed E-state index contributed by atoms with van der Waals surface area (Å²) in [4.78, 5) is 0. The van der Waals surface area contributed by atoms with Crippen LogP contribution in [0.4, 0.5) is 0 Å². The van der Waals surface area contributed by atoms with E-state index in [4.69, 9.17) is 9.47 Å². The third-order valence-electron chi connectivity index (χ3n) is 5.27. The molecule has 0 saturated heterocycles. The molecule has 138 valence electrons. The highest BCUT2D eigenvalue weighted by Crippen LogP contribution is 2.38. The molecular formula is C24H24O3. The van der Waals surface area contributed by atoms with E-state index in [9.17, 15) is 5.11 Å². The van der Waals surface area contributed by atoms with Crippen LogP contribution >= 0.6 is 0 Å². The van der Waals surface area contributed by atoms with Crippen LogP contribution in [0.3, 0.4) is 0 Å². The Bertz CT molecular complexity index is 889. The van der Waals surface area contributed by atoms with E-state index in [0.29, 0.717) is 5.92 Å². The zero-order valence-electron chi connectivity index (χ0n) is 15.5. The van der Waals surface area contributed by atoms with Gasteiger partial charge in [-0.05, 0) is 42.7 Å². The molecule has 0 spiro atoms. The number of rotatable bonds is 5. The Kier molecular flexibility index (Phi) is 4.87. The second-order valence-corrected chi connectivity index (χ2v) is 7.15. The van der Waals surface area contributed by atoms with Gasteiger partial charge in [-0.3, -0.25) is 0 Å². The highest BCUT2D eigenvalue weighted by atomic mass is 16.5. The summed E-state index contributed by atoms with van der Waals surface area (Å²) < 4.78 is 12.0. The summed E-state index contributed by atoms with van der Waals surface area (Å²) in [5, 5.41) is 9.93. The molecule has 3 nitrogen and oxygen atoms in total. The van der Waals surface area contributed by atoms with E-state index in [1.54, 1.807) is 0 Å². The van der Waals surface area contributed by atoms with Gasteiger partial charge in [-0.25, -0.2) is 0 Å². The first-order valence-corrected chi connectivity index (χ1v) is 9.37. The second kappa shape index (κ2) is 7.45. The van der Waals surface area contributed by atoms with Crippen LogP contribution in [-0.4, -0.2) is 18.3 Å². The first-order chi connectivity index (χ1) is 13.2. The monoisotopic (exact) mass is 360 g/mol. The molecule has 0 amide bonds. The molecule has 2 unspecified atom stereocenters. The van der Waals surface area contributed by atoms with Gasteiger partial charge in [0.25, 0.3) is 0 Å². The molecule has 1 aliphatic rings. The fraction of sp³-hybridized carbons (Fsp3) is 0.250. The zero-order valence-corrected chi connectivity index (χ0v) is 15.5. The van der Waals surface area contributed by atoms with E-state index in [1.807, 2.05) is 61.5 Å². The van der Waals surface area contributed by atoms with Crippen molar-refractivity contribution in [3.8, 4) is 11.5 Å². The van der Waals surface area contributed by atoms with Gasteiger partial charge in [-0.15, -0.1) is 0 Å². The van der Waals surface area contributed by atoms with E-state index < -0.39 is 5.60 Å². The summed E-state index contributed by atoms with van der Waals surface area (Å²) in [5.41, 5.74) is 2.67. The highest BCUT2D eigenvalue weighted by Gasteiger charge is 2.28. The van der Waals surface area contributed by atoms with Crippen molar-refractivity contribution in [2.24, 2.45) is 0 Å². The van der Waals surface area contributed by atoms with Crippen molar-refractivity contribution < 1.29 is 14.6 Å². The van der Waals surface area contributed by atoms with Gasteiger partial charge < -0.3 is 14.6 Å². The molecule has 1 N–H and O–H groups in total. The van der Waals surface area contributed by atoms with Crippen molar-refractivity contribution in [3.63, 3.8) is 0 Å². The van der Waals surface area contributed by atoms with Crippen LogP contribution in [0.1, 0.15) is 36.0 Å². The molecular weight excluding hydrogens is 336 g/mol. The van der Waals surface area contributed by atoms with Crippen molar-refractivity contribution in [1.29, 1.82) is 0 Å². The maximum absolute atomic E-state index is 9.93. The number of aliphatic hydroxyl groups is 1. The third-order valence-corrected chi connectivity index (χ3v) is 5.27. The van der Waals surface area contributed by atoms with Gasteiger partial charge >= 0.3 is 0 Å². The SMILES string of the molecule is CC(CO)(Oc1ccc(C2CCOc3ccccc32)cc1)c1ccccc1. The quantitative estimate of drug-likeness (QED) is 0.704. The Morgan fingerprint density at radius 1 is 0.963 bits per heavy atom. The number of hydrogen-bond donors (Lipinski definition) is 1. The lowest BCUT2D eigenvalue weighted by atomic mass is 9.87. The van der Waals surface area contributed by atoms with Gasteiger partial charge in [-0.2, -0.15) is 0 Å². The molecule has 0 fully saturated rings. The molecule has 0 aliphatic carbocycles. The van der Waals surface area contributed by atoms with E-state index in [0.717, 1.165) is 30.1 Å². The number of hydrogen-bond acceptors (Lipinski definition) is 3. The largest absolute Gasteiger partial charge is 0.493 e. The lowest BCUT2D eigenvalue weighted by Gasteiger charge is -2.30. The van der Waals surface area contributed by atoms with Gasteiger partial charge in [-0.1, -0.05) is 60.7 Å². The van der Waals surface area contributed by atoms with Crippen LogP contribution in [0.2, 0.25) is 0 Å². The number of benzene rings is 3. The van der Waals surface area contributed by atoms with Gasteiger partial charge in [0.05, 0.1) is 13.2 Å². The van der Waals surface area contributed by atoms with Crippen molar-refractivity contribution in [2.45, 2.75) is 24.9 Å². The maximum Gasteiger partial charge on any atom is 0.154 e. The van der Waals surface area contributed by atoms with E-state index in [1.165, 1.54) is 11.1 Å². The van der Waals surface area contributed by atoms with Crippen LogP contribution in [-0.2, 0) is 5.60 Å². The zero-order chi connectivity index (χ0) is 18.7. The molecule has 3 aromatic rings.